The molecule has 0 bridgehead atoms. The van der Waals surface area contributed by atoms with Crippen LogP contribution in [0.3, 0.4) is 0 Å². The summed E-state index contributed by atoms with van der Waals surface area (Å²) in [5.74, 6) is -0.392. The van der Waals surface area contributed by atoms with Gasteiger partial charge in [0.2, 0.25) is 0 Å². The summed E-state index contributed by atoms with van der Waals surface area (Å²) in [4.78, 5) is 0. The van der Waals surface area contributed by atoms with Gasteiger partial charge in [0, 0.05) is 53.2 Å². The summed E-state index contributed by atoms with van der Waals surface area (Å²) in [6.45, 7) is 9.23. The first-order chi connectivity index (χ1) is 52.3. The SMILES string of the molecule is CCCCCCCCCCCCCCCCCCCC1(CCCCCCCCCCCCCCCCCCC)c2cc(Br)c3nsnc3c2-c2c(F)c3c(c(F)c21)-c1c(cc(Br)c2nsnc12)C3(CCCCCCCCCCCCCCCCCCC)CCCCCCCCCCCCCCCCCCC. The average molecular weight is 1630 g/mol. The molecule has 0 unspecified atom stereocenters. The van der Waals surface area contributed by atoms with Crippen LogP contribution < -0.4 is 0 Å². The fraction of sp³-hybridized carbons (Fsp3) is 0.812. The molecule has 7 rings (SSSR count). The van der Waals surface area contributed by atoms with Gasteiger partial charge < -0.3 is 0 Å². The van der Waals surface area contributed by atoms with Gasteiger partial charge in [0.25, 0.3) is 0 Å². The Morgan fingerprint density at radius 3 is 0.575 bits per heavy atom. The van der Waals surface area contributed by atoms with Gasteiger partial charge in [-0.15, -0.1) is 0 Å². The summed E-state index contributed by atoms with van der Waals surface area (Å²) >= 11 is 10.5. The van der Waals surface area contributed by atoms with E-state index in [1.807, 2.05) is 0 Å². The van der Waals surface area contributed by atoms with Gasteiger partial charge in [0.15, 0.2) is 0 Å². The van der Waals surface area contributed by atoms with E-state index in [9.17, 15) is 0 Å². The van der Waals surface area contributed by atoms with Crippen molar-refractivity contribution in [3.05, 3.63) is 55.0 Å². The quantitative estimate of drug-likeness (QED) is 0.0364. The van der Waals surface area contributed by atoms with E-state index < -0.39 is 10.8 Å². The zero-order valence-corrected chi connectivity index (χ0v) is 74.0. The van der Waals surface area contributed by atoms with Gasteiger partial charge in [-0.25, -0.2) is 8.78 Å². The molecule has 0 N–H and O–H groups in total. The number of hydrogen-bond acceptors (Lipinski definition) is 6. The molecule has 0 saturated carbocycles. The maximum atomic E-state index is 20.2. The summed E-state index contributed by atoms with van der Waals surface area (Å²) in [6.07, 6.45) is 92.7. The van der Waals surface area contributed by atoms with Crippen molar-refractivity contribution in [3.8, 4) is 22.3 Å². The van der Waals surface area contributed by atoms with E-state index in [2.05, 4.69) is 71.7 Å². The molecule has 0 spiro atoms. The molecular formula is C96H158Br2F2N4S2. The molecule has 0 aliphatic heterocycles. The van der Waals surface area contributed by atoms with Crippen LogP contribution in [0.5, 0.6) is 0 Å². The summed E-state index contributed by atoms with van der Waals surface area (Å²) in [5.41, 5.74) is 7.57. The van der Waals surface area contributed by atoms with Crippen molar-refractivity contribution < 1.29 is 8.78 Å². The third-order valence-corrected chi connectivity index (χ3v) is 27.9. The Morgan fingerprint density at radius 1 is 0.236 bits per heavy atom. The fourth-order valence-corrected chi connectivity index (χ4v) is 21.7. The molecule has 0 saturated heterocycles. The second-order valence-electron chi connectivity index (χ2n) is 34.4. The van der Waals surface area contributed by atoms with Crippen molar-refractivity contribution in [2.24, 2.45) is 0 Å². The molecule has 5 aromatic rings. The molecule has 3 aromatic carbocycles. The second-order valence-corrected chi connectivity index (χ2v) is 37.2. The minimum atomic E-state index is -0.725. The van der Waals surface area contributed by atoms with Crippen molar-refractivity contribution in [3.63, 3.8) is 0 Å². The Hall–Kier alpha value is -1.88. The minimum absolute atomic E-state index is 0.196. The van der Waals surface area contributed by atoms with E-state index in [0.29, 0.717) is 22.3 Å². The molecule has 0 radical (unpaired) electrons. The van der Waals surface area contributed by atoms with Gasteiger partial charge in [-0.05, 0) is 80.8 Å². The highest BCUT2D eigenvalue weighted by atomic mass is 79.9. The van der Waals surface area contributed by atoms with Crippen LogP contribution in [-0.2, 0) is 10.8 Å². The summed E-state index contributed by atoms with van der Waals surface area (Å²) in [6, 6.07) is 4.53. The molecule has 2 heterocycles. The Morgan fingerprint density at radius 2 is 0.396 bits per heavy atom. The largest absolute Gasteiger partial charge is 0.206 e. The summed E-state index contributed by atoms with van der Waals surface area (Å²) in [5, 5.41) is 0. The van der Waals surface area contributed by atoms with Crippen LogP contribution in [0.1, 0.15) is 512 Å². The third-order valence-electron chi connectivity index (χ3n) is 25.7. The lowest BCUT2D eigenvalue weighted by Gasteiger charge is -2.35. The number of unbranched alkanes of at least 4 members (excludes halogenated alkanes) is 64. The second kappa shape index (κ2) is 56.4. The first-order valence-electron chi connectivity index (χ1n) is 46.8. The lowest BCUT2D eigenvalue weighted by molar-refractivity contribution is 0.374. The maximum absolute atomic E-state index is 20.2. The molecular weight excluding hydrogens is 1470 g/mol. The monoisotopic (exact) mass is 1630 g/mol. The molecule has 106 heavy (non-hydrogen) atoms. The van der Waals surface area contributed by atoms with Gasteiger partial charge in [0.1, 0.15) is 33.7 Å². The number of nitrogens with zero attached hydrogens (tertiary/aromatic N) is 4. The van der Waals surface area contributed by atoms with Crippen LogP contribution in [0.15, 0.2) is 21.1 Å². The molecule has 2 aliphatic rings. The normalized spacial score (nSPS) is 13.5. The number of fused-ring (bicyclic) bond motifs is 10. The highest BCUT2D eigenvalue weighted by Gasteiger charge is 2.55. The molecule has 602 valence electrons. The van der Waals surface area contributed by atoms with Gasteiger partial charge in [-0.1, -0.05) is 464 Å². The number of rotatable bonds is 72. The van der Waals surface area contributed by atoms with Crippen molar-refractivity contribution in [1.82, 2.24) is 17.5 Å². The average Bonchev–Trinajstić information content (AvgIpc) is 1.50. The number of aromatic nitrogens is 4. The Bertz CT molecular complexity index is 2780. The van der Waals surface area contributed by atoms with Crippen molar-refractivity contribution in [2.75, 3.05) is 0 Å². The molecule has 0 amide bonds. The molecule has 4 nitrogen and oxygen atoms in total. The van der Waals surface area contributed by atoms with Crippen LogP contribution in [0.25, 0.3) is 44.3 Å². The molecule has 0 atom stereocenters. The predicted octanol–water partition coefficient (Wildman–Crippen LogP) is 36.2. The fourth-order valence-electron chi connectivity index (χ4n) is 19.3. The standard InChI is InChI=1S/C96H158Br2F2N4S2/c1-5-9-13-17-21-25-29-33-37-41-45-49-53-57-61-65-69-73-95(74-70-66-62-58-54-50-46-42-38-34-30-26-22-18-14-10-6-2)79-77-81(97)91-93(103-105-101-91)83(79)85-87(95)89(99)86-84-80(78-82(98)92-94(84)104-106-102-92)96(88(86)90(85)100,75-71-67-63-59-55-51-47-43-39-35-31-27-23-19-15-11-7-3)76-72-68-64-60-56-52-48-44-40-36-32-28-24-20-16-12-8-4/h77-78H,5-76H2,1-4H3. The minimum Gasteiger partial charge on any atom is -0.206 e. The van der Waals surface area contributed by atoms with Crippen LogP contribution >= 0.6 is 55.3 Å². The van der Waals surface area contributed by atoms with Crippen LogP contribution in [0.2, 0.25) is 0 Å². The third kappa shape index (κ3) is 30.1. The lowest BCUT2D eigenvalue weighted by Crippen LogP contribution is -2.29. The highest BCUT2D eigenvalue weighted by Crippen LogP contribution is 2.65. The van der Waals surface area contributed by atoms with Crippen LogP contribution in [0.4, 0.5) is 8.78 Å². The van der Waals surface area contributed by atoms with Crippen molar-refractivity contribution in [2.45, 2.75) is 501 Å². The number of benzene rings is 3. The smallest absolute Gasteiger partial charge is 0.136 e. The predicted molar refractivity (Wildman–Crippen MR) is 471 cm³/mol. The lowest BCUT2D eigenvalue weighted by atomic mass is 9.68. The van der Waals surface area contributed by atoms with Gasteiger partial charge in [-0.3, -0.25) is 0 Å². The Kier molecular flexibility index (Phi) is 48.6. The molecule has 0 fully saturated rings. The molecule has 10 heteroatoms. The van der Waals surface area contributed by atoms with E-state index in [1.54, 1.807) is 0 Å². The topological polar surface area (TPSA) is 51.6 Å². The van der Waals surface area contributed by atoms with Gasteiger partial charge in [-0.2, -0.15) is 17.5 Å². The number of halogens is 4. The Labute approximate surface area is 676 Å². The zero-order chi connectivity index (χ0) is 74.8. The summed E-state index contributed by atoms with van der Waals surface area (Å²) < 4.78 is 62.1. The summed E-state index contributed by atoms with van der Waals surface area (Å²) in [7, 11) is 0. The zero-order valence-electron chi connectivity index (χ0n) is 69.2. The first kappa shape index (κ1) is 91.3. The number of hydrogen-bond donors (Lipinski definition) is 0. The van der Waals surface area contributed by atoms with E-state index in [-0.39, 0.29) is 11.6 Å². The van der Waals surface area contributed by atoms with Crippen LogP contribution in [0, 0.1) is 11.6 Å². The van der Waals surface area contributed by atoms with E-state index in [0.717, 1.165) is 130 Å². The molecule has 2 aromatic heterocycles. The molecule has 2 aliphatic carbocycles. The van der Waals surface area contributed by atoms with Crippen LogP contribution in [-0.4, -0.2) is 17.5 Å². The van der Waals surface area contributed by atoms with E-state index >= 15 is 8.78 Å². The first-order valence-corrected chi connectivity index (χ1v) is 49.8. The highest BCUT2D eigenvalue weighted by molar-refractivity contribution is 9.11. The van der Waals surface area contributed by atoms with E-state index in [1.165, 1.54) is 409 Å². The Balaban J connectivity index is 1.11. The van der Waals surface area contributed by atoms with E-state index in [4.69, 9.17) is 17.5 Å². The maximum Gasteiger partial charge on any atom is 0.136 e. The van der Waals surface area contributed by atoms with Crippen molar-refractivity contribution in [1.29, 1.82) is 0 Å². The van der Waals surface area contributed by atoms with Gasteiger partial charge >= 0.3 is 0 Å². The van der Waals surface area contributed by atoms with Gasteiger partial charge in [0.05, 0.1) is 23.5 Å². The van der Waals surface area contributed by atoms with Crippen molar-refractivity contribution >= 4 is 77.4 Å².